The molecule has 0 aliphatic rings. The van der Waals surface area contributed by atoms with E-state index in [0.717, 1.165) is 35.2 Å². The molecule has 2 heterocycles. The van der Waals surface area contributed by atoms with Crippen LogP contribution in [0.1, 0.15) is 17.0 Å². The largest absolute Gasteiger partial charge is 0.360 e. The van der Waals surface area contributed by atoms with Gasteiger partial charge in [-0.1, -0.05) is 23.5 Å². The summed E-state index contributed by atoms with van der Waals surface area (Å²) in [7, 11) is 0. The van der Waals surface area contributed by atoms with Crippen LogP contribution in [0.4, 0.5) is 9.52 Å². The van der Waals surface area contributed by atoms with Crippen LogP contribution in [0.2, 0.25) is 0 Å². The summed E-state index contributed by atoms with van der Waals surface area (Å²) in [4.78, 5) is 0. The van der Waals surface area contributed by atoms with Crippen LogP contribution in [0, 0.1) is 5.82 Å². The predicted molar refractivity (Wildman–Crippen MR) is 84.4 cm³/mol. The van der Waals surface area contributed by atoms with Crippen molar-refractivity contribution in [2.75, 3.05) is 11.9 Å². The highest BCUT2D eigenvalue weighted by Gasteiger charge is 2.05. The standard InChI is InChI=1S/C15H16FN5S/c16-13-5-3-12(4-6-13)11-14-19-20-15(22-14)17-7-1-9-21-10-2-8-18-21/h2-6,8,10H,1,7,9,11H2,(H,17,20). The van der Waals surface area contributed by atoms with Crippen LogP contribution in [0.5, 0.6) is 0 Å². The van der Waals surface area contributed by atoms with Gasteiger partial charge in [0.15, 0.2) is 0 Å². The SMILES string of the molecule is Fc1ccc(Cc2nnc(NCCCn3cccn3)s2)cc1. The van der Waals surface area contributed by atoms with Crippen molar-refractivity contribution < 1.29 is 4.39 Å². The Bertz CT molecular complexity index is 693. The number of aryl methyl sites for hydroxylation is 1. The van der Waals surface area contributed by atoms with Gasteiger partial charge in [0, 0.05) is 31.9 Å². The lowest BCUT2D eigenvalue weighted by Gasteiger charge is -2.02. The molecule has 0 saturated heterocycles. The monoisotopic (exact) mass is 317 g/mol. The van der Waals surface area contributed by atoms with Crippen LogP contribution in [-0.2, 0) is 13.0 Å². The lowest BCUT2D eigenvalue weighted by Crippen LogP contribution is -2.06. The second-order valence-corrected chi connectivity index (χ2v) is 5.92. The van der Waals surface area contributed by atoms with Crippen molar-refractivity contribution >= 4 is 16.5 Å². The fraction of sp³-hybridized carbons (Fsp3) is 0.267. The van der Waals surface area contributed by atoms with Gasteiger partial charge in [0.25, 0.3) is 0 Å². The fourth-order valence-electron chi connectivity index (χ4n) is 2.04. The van der Waals surface area contributed by atoms with E-state index in [1.807, 2.05) is 16.9 Å². The average Bonchev–Trinajstić information content (AvgIpc) is 3.18. The maximum absolute atomic E-state index is 12.9. The van der Waals surface area contributed by atoms with Crippen LogP contribution >= 0.6 is 11.3 Å². The molecule has 0 radical (unpaired) electrons. The number of rotatable bonds is 7. The van der Waals surface area contributed by atoms with E-state index < -0.39 is 0 Å². The smallest absolute Gasteiger partial charge is 0.205 e. The van der Waals surface area contributed by atoms with Gasteiger partial charge in [-0.2, -0.15) is 5.10 Å². The Morgan fingerprint density at radius 2 is 2.05 bits per heavy atom. The zero-order chi connectivity index (χ0) is 15.2. The topological polar surface area (TPSA) is 55.6 Å². The molecule has 114 valence electrons. The van der Waals surface area contributed by atoms with E-state index in [0.29, 0.717) is 6.42 Å². The van der Waals surface area contributed by atoms with Crippen molar-refractivity contribution in [3.63, 3.8) is 0 Å². The number of aromatic nitrogens is 4. The lowest BCUT2D eigenvalue weighted by atomic mass is 10.2. The maximum Gasteiger partial charge on any atom is 0.205 e. The van der Waals surface area contributed by atoms with Gasteiger partial charge in [-0.05, 0) is 30.2 Å². The van der Waals surface area contributed by atoms with Crippen LogP contribution in [-0.4, -0.2) is 26.5 Å². The summed E-state index contributed by atoms with van der Waals surface area (Å²) in [5.74, 6) is -0.222. The molecule has 0 saturated carbocycles. The van der Waals surface area contributed by atoms with Crippen molar-refractivity contribution in [1.29, 1.82) is 0 Å². The highest BCUT2D eigenvalue weighted by molar-refractivity contribution is 7.15. The van der Waals surface area contributed by atoms with Gasteiger partial charge in [-0.15, -0.1) is 10.2 Å². The van der Waals surface area contributed by atoms with Crippen molar-refractivity contribution in [1.82, 2.24) is 20.0 Å². The molecular weight excluding hydrogens is 301 g/mol. The fourth-order valence-corrected chi connectivity index (χ4v) is 2.84. The molecule has 22 heavy (non-hydrogen) atoms. The molecule has 2 aromatic heterocycles. The van der Waals surface area contributed by atoms with Crippen LogP contribution in [0.25, 0.3) is 0 Å². The minimum Gasteiger partial charge on any atom is -0.360 e. The first-order chi connectivity index (χ1) is 10.8. The number of anilines is 1. The molecular formula is C15H16FN5S. The predicted octanol–water partition coefficient (Wildman–Crippen LogP) is 2.97. The number of nitrogens with one attached hydrogen (secondary N) is 1. The number of hydrogen-bond acceptors (Lipinski definition) is 5. The molecule has 0 aliphatic heterocycles. The summed E-state index contributed by atoms with van der Waals surface area (Å²) in [5, 5.41) is 17.4. The number of benzene rings is 1. The Balaban J connectivity index is 1.45. The summed E-state index contributed by atoms with van der Waals surface area (Å²) in [6.07, 6.45) is 5.37. The Hall–Kier alpha value is -2.28. The van der Waals surface area contributed by atoms with E-state index in [-0.39, 0.29) is 5.82 Å². The van der Waals surface area contributed by atoms with Crippen LogP contribution in [0.15, 0.2) is 42.7 Å². The van der Waals surface area contributed by atoms with Crippen molar-refractivity contribution in [3.05, 3.63) is 59.1 Å². The normalized spacial score (nSPS) is 10.8. The third-order valence-electron chi connectivity index (χ3n) is 3.13. The molecule has 0 amide bonds. The Morgan fingerprint density at radius 3 is 2.82 bits per heavy atom. The lowest BCUT2D eigenvalue weighted by molar-refractivity contribution is 0.591. The molecule has 1 aromatic carbocycles. The second kappa shape index (κ2) is 7.13. The quantitative estimate of drug-likeness (QED) is 0.681. The zero-order valence-electron chi connectivity index (χ0n) is 11.9. The third-order valence-corrected chi connectivity index (χ3v) is 4.02. The average molecular weight is 317 g/mol. The van der Waals surface area contributed by atoms with Gasteiger partial charge in [0.05, 0.1) is 0 Å². The summed E-state index contributed by atoms with van der Waals surface area (Å²) in [6, 6.07) is 8.39. The first-order valence-corrected chi connectivity index (χ1v) is 7.89. The Labute approximate surface area is 131 Å². The van der Waals surface area contributed by atoms with E-state index in [2.05, 4.69) is 20.6 Å². The van der Waals surface area contributed by atoms with E-state index >= 15 is 0 Å². The van der Waals surface area contributed by atoms with E-state index in [1.165, 1.54) is 23.5 Å². The molecule has 3 aromatic rings. The summed E-state index contributed by atoms with van der Waals surface area (Å²) in [6.45, 7) is 1.70. The number of halogens is 1. The highest BCUT2D eigenvalue weighted by atomic mass is 32.1. The van der Waals surface area contributed by atoms with E-state index in [1.54, 1.807) is 18.3 Å². The first kappa shape index (κ1) is 14.6. The van der Waals surface area contributed by atoms with Crippen LogP contribution in [0.3, 0.4) is 0 Å². The van der Waals surface area contributed by atoms with Crippen molar-refractivity contribution in [3.8, 4) is 0 Å². The van der Waals surface area contributed by atoms with E-state index in [9.17, 15) is 4.39 Å². The molecule has 0 unspecified atom stereocenters. The molecule has 0 atom stereocenters. The first-order valence-electron chi connectivity index (χ1n) is 7.08. The molecule has 0 spiro atoms. The molecule has 0 aliphatic carbocycles. The zero-order valence-corrected chi connectivity index (χ0v) is 12.8. The van der Waals surface area contributed by atoms with Crippen molar-refractivity contribution in [2.45, 2.75) is 19.4 Å². The van der Waals surface area contributed by atoms with Crippen LogP contribution < -0.4 is 5.32 Å². The van der Waals surface area contributed by atoms with Gasteiger partial charge in [0.1, 0.15) is 10.8 Å². The third kappa shape index (κ3) is 4.11. The van der Waals surface area contributed by atoms with E-state index in [4.69, 9.17) is 0 Å². The molecule has 7 heteroatoms. The van der Waals surface area contributed by atoms with Gasteiger partial charge in [-0.25, -0.2) is 4.39 Å². The Kier molecular flexibility index (Phi) is 4.75. The Morgan fingerprint density at radius 1 is 1.18 bits per heavy atom. The molecule has 1 N–H and O–H groups in total. The second-order valence-electron chi connectivity index (χ2n) is 4.85. The van der Waals surface area contributed by atoms with Gasteiger partial charge < -0.3 is 5.32 Å². The van der Waals surface area contributed by atoms with Crippen molar-refractivity contribution in [2.24, 2.45) is 0 Å². The minimum atomic E-state index is -0.222. The summed E-state index contributed by atoms with van der Waals surface area (Å²) < 4.78 is 14.8. The molecule has 3 rings (SSSR count). The molecule has 0 fully saturated rings. The van der Waals surface area contributed by atoms with Gasteiger partial charge >= 0.3 is 0 Å². The highest BCUT2D eigenvalue weighted by Crippen LogP contribution is 2.18. The summed E-state index contributed by atoms with van der Waals surface area (Å²) >= 11 is 1.53. The molecule has 0 bridgehead atoms. The maximum atomic E-state index is 12.9. The minimum absolute atomic E-state index is 0.222. The van der Waals surface area contributed by atoms with Gasteiger partial charge in [-0.3, -0.25) is 4.68 Å². The number of nitrogens with zero attached hydrogens (tertiary/aromatic N) is 4. The molecule has 5 nitrogen and oxygen atoms in total. The van der Waals surface area contributed by atoms with Gasteiger partial charge in [0.2, 0.25) is 5.13 Å². The summed E-state index contributed by atoms with van der Waals surface area (Å²) in [5.41, 5.74) is 1.03. The number of hydrogen-bond donors (Lipinski definition) is 1.